The predicted octanol–water partition coefficient (Wildman–Crippen LogP) is -0.0369. The zero-order valence-electron chi connectivity index (χ0n) is 5.16. The van der Waals surface area contributed by atoms with Crippen molar-refractivity contribution in [1.29, 1.82) is 0 Å². The molecule has 0 bridgehead atoms. The van der Waals surface area contributed by atoms with Gasteiger partial charge in [0.05, 0.1) is 14.2 Å². The second-order valence-corrected chi connectivity index (χ2v) is 0.823. The van der Waals surface area contributed by atoms with Gasteiger partial charge < -0.3 is 0 Å². The van der Waals surface area contributed by atoms with Crippen LogP contribution in [-0.4, -0.2) is 21.0 Å². The molecule has 0 aromatic carbocycles. The first-order chi connectivity index (χ1) is 4.41. The fraction of sp³-hybridized carbons (Fsp3) is 1.00. The average molecular weight is 140 g/mol. The maximum absolute atomic E-state index is 4.20. The minimum absolute atomic E-state index is 0.195. The molecule has 0 saturated carbocycles. The third-order valence-electron chi connectivity index (χ3n) is 0.358. The minimum Gasteiger partial charge on any atom is -0.238 e. The summed E-state index contributed by atoms with van der Waals surface area (Å²) in [4.78, 5) is 16.4. The number of hydrogen-bond acceptors (Lipinski definition) is 6. The van der Waals surface area contributed by atoms with E-state index in [1.165, 1.54) is 14.2 Å². The van der Waals surface area contributed by atoms with Crippen LogP contribution in [0.15, 0.2) is 0 Å². The van der Waals surface area contributed by atoms with Gasteiger partial charge >= 0.3 is 0 Å². The molecule has 0 radical (unpaired) electrons. The molecule has 0 aromatic rings. The average Bonchev–Trinajstić information content (AvgIpc) is 1.89. The van der Waals surface area contributed by atoms with Crippen molar-refractivity contribution in [1.82, 2.24) is 0 Å². The van der Waals surface area contributed by atoms with Crippen LogP contribution >= 0.6 is 0 Å². The van der Waals surface area contributed by atoms with Gasteiger partial charge in [0.25, 0.3) is 0 Å². The molecule has 6 nitrogen and oxygen atoms in total. The van der Waals surface area contributed by atoms with Crippen LogP contribution in [0.25, 0.3) is 0 Å². The van der Waals surface area contributed by atoms with E-state index in [9.17, 15) is 0 Å². The number of rotatable bonds is 6. The van der Waals surface area contributed by atoms with Crippen molar-refractivity contribution in [3.8, 4) is 0 Å². The van der Waals surface area contributed by atoms with Crippen LogP contribution in [0.1, 0.15) is 0 Å². The molecule has 0 saturated heterocycles. The van der Waals surface area contributed by atoms with Gasteiger partial charge in [0.15, 0.2) is 0 Å². The summed E-state index contributed by atoms with van der Waals surface area (Å²) in [6, 6.07) is 0. The van der Waals surface area contributed by atoms with Gasteiger partial charge in [-0.15, -0.1) is 0 Å². The van der Waals surface area contributed by atoms with Crippen LogP contribution in [0.5, 0.6) is 0 Å². The van der Waals surface area contributed by atoms with E-state index >= 15 is 0 Å². The van der Waals surface area contributed by atoms with E-state index in [0.717, 1.165) is 0 Å². The van der Waals surface area contributed by atoms with Crippen molar-refractivity contribution in [3.05, 3.63) is 0 Å². The standard InChI is InChI=1S/C3H8O6/c1-4-6-3-7-9-8-5-2/h3H2,1-2H3. The van der Waals surface area contributed by atoms with Crippen molar-refractivity contribution >= 4 is 0 Å². The summed E-state index contributed by atoms with van der Waals surface area (Å²) in [7, 11) is 2.60. The molecule has 0 amide bonds. The van der Waals surface area contributed by atoms with Crippen LogP contribution in [0, 0.1) is 0 Å². The molecule has 0 aromatic heterocycles. The van der Waals surface area contributed by atoms with Gasteiger partial charge in [-0.25, -0.2) is 14.7 Å². The Labute approximate surface area is 51.9 Å². The molecule has 0 fully saturated rings. The lowest BCUT2D eigenvalue weighted by Crippen LogP contribution is -2.00. The van der Waals surface area contributed by atoms with E-state index in [1.807, 2.05) is 0 Å². The summed E-state index contributed by atoms with van der Waals surface area (Å²) in [5, 5.41) is 7.68. The topological polar surface area (TPSA) is 55.4 Å². The highest BCUT2D eigenvalue weighted by Crippen LogP contribution is 1.81. The van der Waals surface area contributed by atoms with E-state index in [0.29, 0.717) is 0 Å². The van der Waals surface area contributed by atoms with Gasteiger partial charge in [0.2, 0.25) is 6.79 Å². The first kappa shape index (κ1) is 8.76. The molecule has 9 heavy (non-hydrogen) atoms. The van der Waals surface area contributed by atoms with Crippen LogP contribution in [0.4, 0.5) is 0 Å². The largest absolute Gasteiger partial charge is 0.238 e. The van der Waals surface area contributed by atoms with E-state index in [-0.39, 0.29) is 6.79 Å². The minimum atomic E-state index is -0.195. The van der Waals surface area contributed by atoms with Gasteiger partial charge in [0.1, 0.15) is 0 Å². The Morgan fingerprint density at radius 3 is 2.22 bits per heavy atom. The maximum atomic E-state index is 4.20. The summed E-state index contributed by atoms with van der Waals surface area (Å²) < 4.78 is 0. The van der Waals surface area contributed by atoms with Crippen molar-refractivity contribution in [2.24, 2.45) is 0 Å². The van der Waals surface area contributed by atoms with Crippen molar-refractivity contribution < 1.29 is 29.6 Å². The quantitative estimate of drug-likeness (QED) is 0.223. The Kier molecular flexibility index (Phi) is 7.55. The normalized spacial score (nSPS) is 10.0. The molecule has 0 aliphatic rings. The second-order valence-electron chi connectivity index (χ2n) is 0.823. The zero-order valence-corrected chi connectivity index (χ0v) is 5.16. The van der Waals surface area contributed by atoms with Crippen LogP contribution < -0.4 is 0 Å². The van der Waals surface area contributed by atoms with Crippen LogP contribution in [0.2, 0.25) is 0 Å². The molecule has 0 heterocycles. The highest BCUT2D eigenvalue weighted by molar-refractivity contribution is 3.72. The third kappa shape index (κ3) is 7.76. The molecule has 0 unspecified atom stereocenters. The van der Waals surface area contributed by atoms with Crippen molar-refractivity contribution in [2.45, 2.75) is 0 Å². The zero-order chi connectivity index (χ0) is 6.95. The molecule has 56 valence electrons. The van der Waals surface area contributed by atoms with E-state index < -0.39 is 0 Å². The highest BCUT2D eigenvalue weighted by Gasteiger charge is 1.86. The van der Waals surface area contributed by atoms with Crippen LogP contribution in [-0.2, 0) is 29.6 Å². The molecule has 0 spiro atoms. The Balaban J connectivity index is 2.60. The molecule has 6 heteroatoms. The summed E-state index contributed by atoms with van der Waals surface area (Å²) in [6.07, 6.45) is 0. The van der Waals surface area contributed by atoms with Gasteiger partial charge in [-0.2, -0.15) is 4.89 Å². The lowest BCUT2D eigenvalue weighted by Gasteiger charge is -1.97. The van der Waals surface area contributed by atoms with Gasteiger partial charge in [-0.05, 0) is 10.1 Å². The highest BCUT2D eigenvalue weighted by atomic mass is 17.7. The summed E-state index contributed by atoms with van der Waals surface area (Å²) in [6.45, 7) is -0.195. The van der Waals surface area contributed by atoms with Crippen molar-refractivity contribution in [2.75, 3.05) is 21.0 Å². The molecular weight excluding hydrogens is 132 g/mol. The smallest absolute Gasteiger partial charge is 0.217 e. The van der Waals surface area contributed by atoms with Gasteiger partial charge in [-0.1, -0.05) is 0 Å². The third-order valence-corrected chi connectivity index (χ3v) is 0.358. The van der Waals surface area contributed by atoms with E-state index in [1.54, 1.807) is 0 Å². The summed E-state index contributed by atoms with van der Waals surface area (Å²) in [5.41, 5.74) is 0. The fourth-order valence-electron chi connectivity index (χ4n) is 0.135. The Morgan fingerprint density at radius 1 is 0.889 bits per heavy atom. The number of hydrogen-bond donors (Lipinski definition) is 0. The van der Waals surface area contributed by atoms with Crippen LogP contribution in [0.3, 0.4) is 0 Å². The molecule has 0 rings (SSSR count). The Bertz CT molecular complexity index is 41.6. The van der Waals surface area contributed by atoms with Crippen molar-refractivity contribution in [3.63, 3.8) is 0 Å². The monoisotopic (exact) mass is 140 g/mol. The molecule has 0 N–H and O–H groups in total. The lowest BCUT2D eigenvalue weighted by molar-refractivity contribution is -0.643. The summed E-state index contributed by atoms with van der Waals surface area (Å²) >= 11 is 0. The first-order valence-electron chi connectivity index (χ1n) is 2.06. The SMILES string of the molecule is COOCOOOOC. The molecular formula is C3H8O6. The van der Waals surface area contributed by atoms with Gasteiger partial charge in [-0.3, -0.25) is 0 Å². The van der Waals surface area contributed by atoms with E-state index in [4.69, 9.17) is 0 Å². The predicted molar refractivity (Wildman–Crippen MR) is 23.2 cm³/mol. The summed E-state index contributed by atoms with van der Waals surface area (Å²) in [5.74, 6) is 0. The molecule has 0 aliphatic carbocycles. The fourth-order valence-corrected chi connectivity index (χ4v) is 0.135. The van der Waals surface area contributed by atoms with E-state index in [2.05, 4.69) is 29.6 Å². The Hall–Kier alpha value is -0.240. The lowest BCUT2D eigenvalue weighted by atomic mass is 11.5. The van der Waals surface area contributed by atoms with Gasteiger partial charge in [0, 0.05) is 0 Å². The maximum Gasteiger partial charge on any atom is 0.217 e. The molecule has 0 aliphatic heterocycles. The molecule has 0 atom stereocenters. The second kappa shape index (κ2) is 7.76. The Morgan fingerprint density at radius 2 is 1.67 bits per heavy atom. The first-order valence-corrected chi connectivity index (χ1v) is 2.06.